The van der Waals surface area contributed by atoms with Crippen molar-refractivity contribution in [1.82, 2.24) is 4.98 Å². The zero-order chi connectivity index (χ0) is 21.0. The molecule has 1 amide bonds. The third kappa shape index (κ3) is 4.79. The van der Waals surface area contributed by atoms with E-state index in [0.717, 1.165) is 22.4 Å². The van der Waals surface area contributed by atoms with E-state index >= 15 is 0 Å². The van der Waals surface area contributed by atoms with Crippen LogP contribution in [0, 0.1) is 20.8 Å². The zero-order valence-corrected chi connectivity index (χ0v) is 16.9. The molecular weight excluding hydrogens is 366 g/mol. The normalized spacial score (nSPS) is 10.3. The second kappa shape index (κ2) is 8.56. The molecule has 0 unspecified atom stereocenters. The summed E-state index contributed by atoms with van der Waals surface area (Å²) in [7, 11) is 1.34. The van der Waals surface area contributed by atoms with E-state index in [0.29, 0.717) is 22.6 Å². The van der Waals surface area contributed by atoms with E-state index in [1.165, 1.54) is 7.11 Å². The van der Waals surface area contributed by atoms with Gasteiger partial charge < -0.3 is 15.4 Å². The van der Waals surface area contributed by atoms with Crippen molar-refractivity contribution >= 4 is 29.1 Å². The highest BCUT2D eigenvalue weighted by atomic mass is 16.5. The van der Waals surface area contributed by atoms with Crippen LogP contribution in [0.15, 0.2) is 54.7 Å². The monoisotopic (exact) mass is 389 g/mol. The van der Waals surface area contributed by atoms with E-state index in [1.807, 2.05) is 32.9 Å². The molecule has 2 N–H and O–H groups in total. The van der Waals surface area contributed by atoms with E-state index in [1.54, 1.807) is 42.6 Å². The van der Waals surface area contributed by atoms with Crippen molar-refractivity contribution in [2.75, 3.05) is 17.7 Å². The predicted octanol–water partition coefficient (Wildman–Crippen LogP) is 4.79. The Balaban J connectivity index is 1.79. The van der Waals surface area contributed by atoms with Crippen LogP contribution in [0.3, 0.4) is 0 Å². The van der Waals surface area contributed by atoms with Gasteiger partial charge in [0.25, 0.3) is 5.91 Å². The van der Waals surface area contributed by atoms with Crippen molar-refractivity contribution in [2.24, 2.45) is 0 Å². The molecule has 1 aromatic heterocycles. The lowest BCUT2D eigenvalue weighted by Crippen LogP contribution is -2.14. The molecule has 1 heterocycles. The van der Waals surface area contributed by atoms with Crippen molar-refractivity contribution in [2.45, 2.75) is 20.8 Å². The highest BCUT2D eigenvalue weighted by Gasteiger charge is 2.12. The van der Waals surface area contributed by atoms with Crippen LogP contribution in [0.25, 0.3) is 0 Å². The number of nitrogens with zero attached hydrogens (tertiary/aromatic N) is 1. The maximum Gasteiger partial charge on any atom is 0.337 e. The van der Waals surface area contributed by atoms with Gasteiger partial charge in [0, 0.05) is 23.1 Å². The van der Waals surface area contributed by atoms with Crippen LogP contribution in [-0.2, 0) is 4.74 Å². The van der Waals surface area contributed by atoms with Gasteiger partial charge in [-0.15, -0.1) is 0 Å². The summed E-state index contributed by atoms with van der Waals surface area (Å²) < 4.78 is 4.74. The minimum Gasteiger partial charge on any atom is -0.465 e. The Hall–Kier alpha value is -3.67. The Morgan fingerprint density at radius 2 is 1.66 bits per heavy atom. The van der Waals surface area contributed by atoms with Gasteiger partial charge in [0.2, 0.25) is 0 Å². The van der Waals surface area contributed by atoms with Crippen LogP contribution in [0.2, 0.25) is 0 Å². The van der Waals surface area contributed by atoms with E-state index in [-0.39, 0.29) is 5.91 Å². The topological polar surface area (TPSA) is 80.3 Å². The summed E-state index contributed by atoms with van der Waals surface area (Å²) in [5.41, 5.74) is 5.58. The molecule has 0 bridgehead atoms. The highest BCUT2D eigenvalue weighted by Crippen LogP contribution is 2.23. The molecule has 3 rings (SSSR count). The Kier molecular flexibility index (Phi) is 5.93. The number of amides is 1. The number of rotatable bonds is 5. The number of benzene rings is 2. The molecule has 0 spiro atoms. The molecule has 148 valence electrons. The number of carbonyl (C=O) groups is 2. The number of methoxy groups -OCH3 is 1. The lowest BCUT2D eigenvalue weighted by Gasteiger charge is -2.13. The molecule has 0 saturated carbocycles. The Labute approximate surface area is 169 Å². The van der Waals surface area contributed by atoms with Crippen molar-refractivity contribution in [3.8, 4) is 0 Å². The van der Waals surface area contributed by atoms with E-state index < -0.39 is 5.97 Å². The summed E-state index contributed by atoms with van der Waals surface area (Å²) in [5, 5.41) is 6.10. The molecule has 0 aliphatic rings. The van der Waals surface area contributed by atoms with Gasteiger partial charge in [0.05, 0.1) is 12.7 Å². The number of aryl methyl sites for hydroxylation is 3. The van der Waals surface area contributed by atoms with Gasteiger partial charge in [0.15, 0.2) is 0 Å². The Bertz CT molecular complexity index is 1050. The number of nitrogens with one attached hydrogen (secondary N) is 2. The van der Waals surface area contributed by atoms with Crippen LogP contribution in [0.5, 0.6) is 0 Å². The number of hydrogen-bond donors (Lipinski definition) is 2. The zero-order valence-electron chi connectivity index (χ0n) is 16.9. The molecule has 0 saturated heterocycles. The first kappa shape index (κ1) is 20.1. The summed E-state index contributed by atoms with van der Waals surface area (Å²) in [5.74, 6) is -0.135. The SMILES string of the molecule is COC(=O)c1cccc(Nc2cc(C(=O)Nc3c(C)cc(C)cc3C)ccn2)c1. The number of pyridine rings is 1. The number of carbonyl (C=O) groups excluding carboxylic acids is 2. The minimum atomic E-state index is -0.418. The van der Waals surface area contributed by atoms with Gasteiger partial charge in [-0.25, -0.2) is 9.78 Å². The maximum absolute atomic E-state index is 12.8. The Morgan fingerprint density at radius 1 is 0.931 bits per heavy atom. The Morgan fingerprint density at radius 3 is 2.34 bits per heavy atom. The number of hydrogen-bond acceptors (Lipinski definition) is 5. The summed E-state index contributed by atoms with van der Waals surface area (Å²) in [6, 6.07) is 14.3. The summed E-state index contributed by atoms with van der Waals surface area (Å²) >= 11 is 0. The van der Waals surface area contributed by atoms with Gasteiger partial charge in [-0.3, -0.25) is 4.79 Å². The summed E-state index contributed by atoms with van der Waals surface area (Å²) in [6.07, 6.45) is 1.57. The first-order valence-corrected chi connectivity index (χ1v) is 9.18. The first-order chi connectivity index (χ1) is 13.9. The molecule has 0 atom stereocenters. The van der Waals surface area contributed by atoms with Crippen molar-refractivity contribution < 1.29 is 14.3 Å². The van der Waals surface area contributed by atoms with Crippen molar-refractivity contribution in [3.63, 3.8) is 0 Å². The predicted molar refractivity (Wildman–Crippen MR) is 114 cm³/mol. The fourth-order valence-electron chi connectivity index (χ4n) is 3.19. The number of esters is 1. The first-order valence-electron chi connectivity index (χ1n) is 9.18. The van der Waals surface area contributed by atoms with E-state index in [4.69, 9.17) is 4.74 Å². The molecular formula is C23H23N3O3. The van der Waals surface area contributed by atoms with Crippen LogP contribution in [0.1, 0.15) is 37.4 Å². The molecule has 0 aliphatic carbocycles. The molecule has 2 aromatic carbocycles. The van der Waals surface area contributed by atoms with Crippen LogP contribution in [0.4, 0.5) is 17.2 Å². The van der Waals surface area contributed by atoms with Crippen LogP contribution >= 0.6 is 0 Å². The van der Waals surface area contributed by atoms with Crippen LogP contribution in [-0.4, -0.2) is 24.0 Å². The quantitative estimate of drug-likeness (QED) is 0.613. The van der Waals surface area contributed by atoms with Crippen molar-refractivity contribution in [1.29, 1.82) is 0 Å². The summed E-state index contributed by atoms with van der Waals surface area (Å²) in [4.78, 5) is 28.7. The molecule has 6 heteroatoms. The smallest absolute Gasteiger partial charge is 0.337 e. The molecule has 6 nitrogen and oxygen atoms in total. The summed E-state index contributed by atoms with van der Waals surface area (Å²) in [6.45, 7) is 5.98. The average Bonchev–Trinajstić information content (AvgIpc) is 2.70. The molecule has 0 radical (unpaired) electrons. The van der Waals surface area contributed by atoms with Gasteiger partial charge in [0.1, 0.15) is 5.82 Å². The number of aromatic nitrogens is 1. The van der Waals surface area contributed by atoms with E-state index in [2.05, 4.69) is 15.6 Å². The number of anilines is 3. The third-order valence-electron chi connectivity index (χ3n) is 4.49. The molecule has 3 aromatic rings. The fourth-order valence-corrected chi connectivity index (χ4v) is 3.19. The third-order valence-corrected chi connectivity index (χ3v) is 4.49. The van der Waals surface area contributed by atoms with Crippen molar-refractivity contribution in [3.05, 3.63) is 82.5 Å². The van der Waals surface area contributed by atoms with Gasteiger partial charge in [-0.1, -0.05) is 23.8 Å². The second-order valence-corrected chi connectivity index (χ2v) is 6.85. The molecule has 29 heavy (non-hydrogen) atoms. The highest BCUT2D eigenvalue weighted by molar-refractivity contribution is 6.05. The average molecular weight is 389 g/mol. The van der Waals surface area contributed by atoms with Gasteiger partial charge >= 0.3 is 5.97 Å². The minimum absolute atomic E-state index is 0.214. The largest absolute Gasteiger partial charge is 0.465 e. The maximum atomic E-state index is 12.8. The lowest BCUT2D eigenvalue weighted by molar-refractivity contribution is 0.0600. The van der Waals surface area contributed by atoms with Crippen LogP contribution < -0.4 is 10.6 Å². The van der Waals surface area contributed by atoms with E-state index in [9.17, 15) is 9.59 Å². The fraction of sp³-hybridized carbons (Fsp3) is 0.174. The standard InChI is InChI=1S/C23H23N3O3/c1-14-10-15(2)21(16(3)11-14)26-22(27)17-8-9-24-20(13-17)25-19-7-5-6-18(12-19)23(28)29-4/h5-13H,1-4H3,(H,24,25)(H,26,27). The second-order valence-electron chi connectivity index (χ2n) is 6.85. The number of ether oxygens (including phenoxy) is 1. The van der Waals surface area contributed by atoms with Gasteiger partial charge in [-0.05, 0) is 62.2 Å². The molecule has 0 aliphatic heterocycles. The van der Waals surface area contributed by atoms with Gasteiger partial charge in [-0.2, -0.15) is 0 Å². The molecule has 0 fully saturated rings. The lowest BCUT2D eigenvalue weighted by atomic mass is 10.0.